The van der Waals surface area contributed by atoms with Gasteiger partial charge in [0.2, 0.25) is 35.5 Å². The number of rotatable bonds is 55. The predicted octanol–water partition coefficient (Wildman–Crippen LogP) is 3.55. The number of aromatic nitrogens is 4. The van der Waals surface area contributed by atoms with Crippen molar-refractivity contribution < 1.29 is 135 Å². The average Bonchev–Trinajstić information content (AvgIpc) is 1.59. The molecule has 0 radical (unpaired) electrons. The highest BCUT2D eigenvalue weighted by atomic mass is 33.1. The minimum Gasteiger partial charge on any atom is -0.493 e. The van der Waals surface area contributed by atoms with Crippen LogP contribution in [0, 0.1) is 5.41 Å². The summed E-state index contributed by atoms with van der Waals surface area (Å²) in [5.41, 5.74) is 12.8. The number of nitrogens with zero attached hydrogens (tertiary/aromatic N) is 7. The van der Waals surface area contributed by atoms with Crippen molar-refractivity contribution in [1.29, 1.82) is 5.41 Å². The zero-order chi connectivity index (χ0) is 102. The fraction of sp³-hybridized carbons (Fsp3) is 0.443. The number of carbonyl (C=O) groups is 15. The summed E-state index contributed by atoms with van der Waals surface area (Å²) in [5, 5.41) is 75.2. The lowest BCUT2D eigenvalue weighted by Crippen LogP contribution is -2.59. The van der Waals surface area contributed by atoms with E-state index in [4.69, 9.17) is 59.6 Å². The molecular weight excluding hydrogens is 1880 g/mol. The maximum atomic E-state index is 14.7. The molecule has 5 aromatic rings. The number of anilines is 4. The number of carboxylic acids is 4. The van der Waals surface area contributed by atoms with Gasteiger partial charge in [-0.15, -0.1) is 0 Å². The van der Waals surface area contributed by atoms with E-state index in [1.165, 1.54) is 97.0 Å². The van der Waals surface area contributed by atoms with Gasteiger partial charge in [-0.05, 0) is 102 Å². The van der Waals surface area contributed by atoms with Gasteiger partial charge in [0.15, 0.2) is 46.3 Å². The van der Waals surface area contributed by atoms with Crippen molar-refractivity contribution in [3.63, 3.8) is 0 Å². The monoisotopic (exact) mass is 1990 g/mol. The number of guanidine groups is 1. The Labute approximate surface area is 808 Å². The molecule has 10 atom stereocenters. The first kappa shape index (κ1) is 110. The van der Waals surface area contributed by atoms with Crippen LogP contribution in [0.4, 0.5) is 37.4 Å². The van der Waals surface area contributed by atoms with Crippen LogP contribution in [0.2, 0.25) is 0 Å². The van der Waals surface area contributed by atoms with E-state index in [0.29, 0.717) is 54.6 Å². The number of benzene rings is 3. The maximum Gasteiger partial charge on any atom is 0.412 e. The van der Waals surface area contributed by atoms with E-state index in [2.05, 4.69) is 99.3 Å². The molecule has 8 rings (SSSR count). The van der Waals surface area contributed by atoms with Crippen LogP contribution in [0.5, 0.6) is 23.0 Å². The Bertz CT molecular complexity index is 5500. The van der Waals surface area contributed by atoms with Gasteiger partial charge in [-0.3, -0.25) is 83.5 Å². The van der Waals surface area contributed by atoms with E-state index in [9.17, 15) is 97.1 Å². The van der Waals surface area contributed by atoms with Crippen molar-refractivity contribution in [2.45, 2.75) is 157 Å². The number of nitrogens with two attached hydrogens (primary N) is 2. The zero-order valence-corrected chi connectivity index (χ0v) is 78.7. The minimum absolute atomic E-state index is 0.00469. The van der Waals surface area contributed by atoms with Crippen molar-refractivity contribution in [2.24, 2.45) is 10.9 Å². The minimum atomic E-state index is -2.19. The summed E-state index contributed by atoms with van der Waals surface area (Å²) in [7, 11) is 5.84. The van der Waals surface area contributed by atoms with Crippen molar-refractivity contribution in [2.75, 3.05) is 115 Å². The summed E-state index contributed by atoms with van der Waals surface area (Å²) >= 11 is 0. The van der Waals surface area contributed by atoms with Crippen LogP contribution in [-0.2, 0) is 73.5 Å². The molecular formula is C88H113N21O29S2. The molecule has 0 saturated carbocycles. The Morgan fingerprint density at radius 3 is 1.79 bits per heavy atom. The Morgan fingerprint density at radius 1 is 0.664 bits per heavy atom. The van der Waals surface area contributed by atoms with Crippen LogP contribution >= 0.6 is 21.6 Å². The number of fused-ring (bicyclic) bond motifs is 1. The number of likely N-dealkylation sites (tertiary alicyclic amines) is 2. The molecule has 756 valence electrons. The highest BCUT2D eigenvalue weighted by Gasteiger charge is 2.46. The number of methoxy groups -OCH3 is 2. The van der Waals surface area contributed by atoms with Gasteiger partial charge >= 0.3 is 42.2 Å². The number of hydrogen-bond donors (Lipinski definition) is 18. The Balaban J connectivity index is 0.850. The second kappa shape index (κ2) is 54.4. The highest BCUT2D eigenvalue weighted by Crippen LogP contribution is 2.40. The van der Waals surface area contributed by atoms with Crippen LogP contribution in [0.1, 0.15) is 128 Å². The number of H-pyrrole nitrogens is 1. The van der Waals surface area contributed by atoms with Gasteiger partial charge < -0.3 is 127 Å². The maximum absolute atomic E-state index is 14.7. The number of aromatic amines is 1. The third kappa shape index (κ3) is 33.7. The first-order valence-electron chi connectivity index (χ1n) is 43.6. The normalized spacial score (nSPS) is 15.8. The first-order chi connectivity index (χ1) is 66.8. The number of hydrogen-bond acceptors (Lipinski definition) is 34. The number of ether oxygens (including phenoxy) is 8. The highest BCUT2D eigenvalue weighted by molar-refractivity contribution is 8.77. The molecule has 3 saturated heterocycles. The second-order valence-corrected chi connectivity index (χ2v) is 34.6. The molecule has 20 N–H and O–H groups in total. The summed E-state index contributed by atoms with van der Waals surface area (Å²) in [6, 6.07) is -0.134. The number of nitrogens with one attached hydrogen (secondary N) is 12. The van der Waals surface area contributed by atoms with Gasteiger partial charge in [-0.2, -0.15) is 4.98 Å². The second-order valence-electron chi connectivity index (χ2n) is 31.8. The summed E-state index contributed by atoms with van der Waals surface area (Å²) in [5.74, 6) is -15.5. The zero-order valence-electron chi connectivity index (χ0n) is 77.1. The van der Waals surface area contributed by atoms with Crippen molar-refractivity contribution in [3.8, 4) is 23.0 Å². The average molecular weight is 1990 g/mol. The topological polar surface area (TPSA) is 710 Å². The molecule has 0 spiro atoms. The Hall–Kier alpha value is -15.5. The number of nitrogen functional groups attached to an aromatic ring is 1. The Kier molecular flexibility index (Phi) is 42.7. The van der Waals surface area contributed by atoms with Crippen LogP contribution in [0.3, 0.4) is 0 Å². The van der Waals surface area contributed by atoms with Gasteiger partial charge in [0.1, 0.15) is 57.1 Å². The van der Waals surface area contributed by atoms with E-state index < -0.39 is 199 Å². The van der Waals surface area contributed by atoms with E-state index in [-0.39, 0.29) is 153 Å². The van der Waals surface area contributed by atoms with E-state index >= 15 is 0 Å². The van der Waals surface area contributed by atoms with Crippen LogP contribution in [-0.4, -0.2) is 309 Å². The third-order valence-electron chi connectivity index (χ3n) is 20.9. The van der Waals surface area contributed by atoms with Crippen molar-refractivity contribution >= 4 is 157 Å². The molecule has 0 aliphatic carbocycles. The summed E-state index contributed by atoms with van der Waals surface area (Å²) in [4.78, 5) is 238. The summed E-state index contributed by atoms with van der Waals surface area (Å²) < 4.78 is 45.9. The van der Waals surface area contributed by atoms with E-state index in [1.807, 2.05) is 5.32 Å². The molecule has 0 bridgehead atoms. The number of carbonyl (C=O) groups excluding carboxylic acids is 11. The van der Waals surface area contributed by atoms with Gasteiger partial charge in [0.25, 0.3) is 23.3 Å². The molecule has 2 unspecified atom stereocenters. The molecule has 3 fully saturated rings. The lowest BCUT2D eigenvalue weighted by Gasteiger charge is -2.33. The lowest BCUT2D eigenvalue weighted by atomic mass is 10.1. The molecule has 5 heterocycles. The fourth-order valence-electron chi connectivity index (χ4n) is 14.2. The number of oxime groups is 1. The third-order valence-corrected chi connectivity index (χ3v) is 23.8. The van der Waals surface area contributed by atoms with E-state index in [1.54, 1.807) is 26.0 Å². The molecule has 3 aromatic carbocycles. The smallest absolute Gasteiger partial charge is 0.412 e. The summed E-state index contributed by atoms with van der Waals surface area (Å²) in [6.07, 6.45) is -0.534. The van der Waals surface area contributed by atoms with Gasteiger partial charge in [0.05, 0.1) is 119 Å². The molecule has 140 heavy (non-hydrogen) atoms. The van der Waals surface area contributed by atoms with Crippen molar-refractivity contribution in [1.82, 2.24) is 71.9 Å². The van der Waals surface area contributed by atoms with Crippen LogP contribution in [0.15, 0.2) is 114 Å². The summed E-state index contributed by atoms with van der Waals surface area (Å²) in [6.45, 7) is 18.6. The lowest BCUT2D eigenvalue weighted by molar-refractivity contribution is -0.144. The molecule has 3 aliphatic heterocycles. The van der Waals surface area contributed by atoms with Crippen molar-refractivity contribution in [3.05, 3.63) is 137 Å². The van der Waals surface area contributed by atoms with E-state index in [0.717, 1.165) is 21.6 Å². The number of unbranched alkanes of at least 4 members (excludes halogenated alkanes) is 2. The first-order valence-corrected chi connectivity index (χ1v) is 46.0. The van der Waals surface area contributed by atoms with Gasteiger partial charge in [0, 0.05) is 66.5 Å². The van der Waals surface area contributed by atoms with Crippen LogP contribution in [0.25, 0.3) is 11.2 Å². The van der Waals surface area contributed by atoms with Gasteiger partial charge in [-0.25, -0.2) is 29.1 Å². The largest absolute Gasteiger partial charge is 0.493 e. The molecule has 2 aromatic heterocycles. The fourth-order valence-corrected chi connectivity index (χ4v) is 16.5. The number of amides is 11. The standard InChI is InChI=1S/C88H113N21O29S2/c1-10-25-136-86(127)103-58-35-67(65(131-8)33-55(58)81(124)109-43-47(4)31-63(109)82-107(24-29-135-82)88(129)137-26-11-2)134-28-14-12-13-27-133-66-34-57(54(32-64(66)130-7)80(123)108-42-46(3)30-53(108)41-95-132-9)104-87(128)138-44-49(6)140-139-45-62(83(125)126)102-78(121)61(38-71(115)116)101-77(120)60(37-70(113)114)100-75(118)56(16-15-23-92-84(89)90)99-76(119)59(36-69(111)112)98-68(110)22-17-48(5)96-74(117)50-18-20-51(21-19-50)93-39-52-40-94-73-72(97-52)79(122)106-85(91)105-73/h10-11,18-21,32-35,40-41,48-49,53,56,59-63,82,93H,1-4,12-17,22-31,36-39,42-45H2,5-9H3,(H,96,117)(H,98,110)(H,99,119)(H,100,118)(H,101,120)(H,102,121)(H,103,127)(H,104,128)(H,111,112)(H,113,114)(H,115,116)(H,125,126)(H4,89,90,92)(H3,91,94,105,106,122)/b95-41+/t48-,49?,53+,56+,59+,60+,61+,62+,63+,82?/m1/s1. The number of aliphatic carboxylic acids is 4. The molecule has 50 nitrogen and oxygen atoms in total. The predicted molar refractivity (Wildman–Crippen MR) is 507 cm³/mol. The molecule has 11 amide bonds. The number of carboxylic acid groups (broad SMARTS) is 4. The Morgan fingerprint density at radius 2 is 1.21 bits per heavy atom. The molecule has 3 aliphatic rings. The molecule has 52 heteroatoms. The quantitative estimate of drug-likeness (QED) is 0.00503. The SMILES string of the molecule is C=CCOC(=O)Nc1cc(OCCCCCOc2cc(NC(=O)OCC(C)SSC[C@H](NC(=O)[C@H](CC(=O)O)NC(=O)[C@H](CC(=O)O)NC(=O)[C@H](CCCNC(=N)N)NC(=O)[C@H](CC(=O)O)NC(=O)CC[C@@H](C)NC(=O)c3ccc(NCc4cnc5nc(N)[nH]c(=O)c5n4)cc3)C(=O)O)c(C(=O)N3CC(=C)C[C@H]3/C=N/OC)cc2OC)c(OC)cc1C(=O)N1CC(=C)C[C@H]1C1OCCN1C(=O)OCC=C. The van der Waals surface area contributed by atoms with Gasteiger partial charge in [-0.1, -0.05) is 76.4 Å². The van der Waals surface area contributed by atoms with Crippen LogP contribution < -0.4 is 89.1 Å².